The molecule has 1 nitrogen and oxygen atoms in total. The Hall–Kier alpha value is -0.340. The van der Waals surface area contributed by atoms with Gasteiger partial charge in [0.1, 0.15) is 0 Å². The molecule has 14 heavy (non-hydrogen) atoms. The molecule has 0 aliphatic carbocycles. The number of rotatable bonds is 4. The zero-order chi connectivity index (χ0) is 9.80. The van der Waals surface area contributed by atoms with E-state index < -0.39 is 0 Å². The van der Waals surface area contributed by atoms with Gasteiger partial charge in [-0.1, -0.05) is 0 Å². The van der Waals surface area contributed by atoms with E-state index in [9.17, 15) is 0 Å². The van der Waals surface area contributed by atoms with E-state index in [1.165, 1.54) is 50.9 Å². The van der Waals surface area contributed by atoms with Crippen LogP contribution in [0.3, 0.4) is 0 Å². The fraction of sp³-hybridized carbons (Fsp3) is 0.667. The standard InChI is InChI=1S/C12H19NS/c1-11-6-10-14-12(11)5-4-9-13-7-2-3-8-13/h6,10H,2-5,7-9H2,1H3. The Morgan fingerprint density at radius 3 is 2.79 bits per heavy atom. The minimum atomic E-state index is 1.28. The van der Waals surface area contributed by atoms with Crippen molar-refractivity contribution < 1.29 is 0 Å². The topological polar surface area (TPSA) is 3.24 Å². The molecule has 1 saturated heterocycles. The minimum Gasteiger partial charge on any atom is -0.303 e. The third-order valence-corrected chi connectivity index (χ3v) is 4.13. The lowest BCUT2D eigenvalue weighted by atomic mass is 10.2. The van der Waals surface area contributed by atoms with Crippen molar-refractivity contribution in [1.82, 2.24) is 4.90 Å². The largest absolute Gasteiger partial charge is 0.303 e. The highest BCUT2D eigenvalue weighted by atomic mass is 32.1. The molecule has 0 amide bonds. The van der Waals surface area contributed by atoms with Crippen LogP contribution in [0.4, 0.5) is 0 Å². The zero-order valence-electron chi connectivity index (χ0n) is 8.96. The quantitative estimate of drug-likeness (QED) is 0.736. The molecule has 78 valence electrons. The average Bonchev–Trinajstić information content (AvgIpc) is 2.78. The van der Waals surface area contributed by atoms with Crippen LogP contribution < -0.4 is 0 Å². The van der Waals surface area contributed by atoms with Gasteiger partial charge in [0.05, 0.1) is 0 Å². The fourth-order valence-corrected chi connectivity index (χ4v) is 3.08. The molecular formula is C12H19NS. The molecule has 0 spiro atoms. The third-order valence-electron chi connectivity index (χ3n) is 3.05. The molecule has 0 aromatic carbocycles. The highest BCUT2D eigenvalue weighted by Gasteiger charge is 2.10. The Morgan fingerprint density at radius 1 is 1.36 bits per heavy atom. The van der Waals surface area contributed by atoms with Gasteiger partial charge in [0.15, 0.2) is 0 Å². The van der Waals surface area contributed by atoms with E-state index in [2.05, 4.69) is 23.3 Å². The number of hydrogen-bond donors (Lipinski definition) is 0. The number of nitrogens with zero attached hydrogens (tertiary/aromatic N) is 1. The zero-order valence-corrected chi connectivity index (χ0v) is 9.78. The highest BCUT2D eigenvalue weighted by molar-refractivity contribution is 7.10. The molecule has 0 N–H and O–H groups in total. The molecular weight excluding hydrogens is 190 g/mol. The van der Waals surface area contributed by atoms with Crippen LogP contribution in [0.1, 0.15) is 29.7 Å². The molecule has 1 aliphatic heterocycles. The molecule has 0 unspecified atom stereocenters. The van der Waals surface area contributed by atoms with Crippen molar-refractivity contribution in [3.63, 3.8) is 0 Å². The summed E-state index contributed by atoms with van der Waals surface area (Å²) in [6.45, 7) is 6.20. The maximum absolute atomic E-state index is 2.60. The van der Waals surface area contributed by atoms with Gasteiger partial charge in [-0.3, -0.25) is 0 Å². The smallest absolute Gasteiger partial charge is 0.00748 e. The summed E-state index contributed by atoms with van der Waals surface area (Å²) >= 11 is 1.91. The van der Waals surface area contributed by atoms with Crippen LogP contribution in [0.25, 0.3) is 0 Å². The Balaban J connectivity index is 1.70. The summed E-state index contributed by atoms with van der Waals surface area (Å²) in [7, 11) is 0. The number of thiophene rings is 1. The van der Waals surface area contributed by atoms with E-state index >= 15 is 0 Å². The Morgan fingerprint density at radius 2 is 2.14 bits per heavy atom. The lowest BCUT2D eigenvalue weighted by Crippen LogP contribution is -2.20. The van der Waals surface area contributed by atoms with Gasteiger partial charge in [0, 0.05) is 4.88 Å². The van der Waals surface area contributed by atoms with E-state index in [1.54, 1.807) is 4.88 Å². The van der Waals surface area contributed by atoms with Crippen LogP contribution in [0.5, 0.6) is 0 Å². The maximum Gasteiger partial charge on any atom is 0.00748 e. The Bertz CT molecular complexity index is 274. The average molecular weight is 209 g/mol. The van der Waals surface area contributed by atoms with Crippen molar-refractivity contribution >= 4 is 11.3 Å². The van der Waals surface area contributed by atoms with Gasteiger partial charge in [-0.25, -0.2) is 0 Å². The van der Waals surface area contributed by atoms with Crippen molar-refractivity contribution in [2.24, 2.45) is 0 Å². The second kappa shape index (κ2) is 4.94. The molecule has 0 atom stereocenters. The first kappa shape index (κ1) is 10.2. The van der Waals surface area contributed by atoms with Gasteiger partial charge in [-0.05, 0) is 69.3 Å². The van der Waals surface area contributed by atoms with Crippen LogP contribution in [-0.4, -0.2) is 24.5 Å². The summed E-state index contributed by atoms with van der Waals surface area (Å²) in [5.41, 5.74) is 1.48. The number of aryl methyl sites for hydroxylation is 2. The number of likely N-dealkylation sites (tertiary alicyclic amines) is 1. The van der Waals surface area contributed by atoms with Gasteiger partial charge in [-0.15, -0.1) is 11.3 Å². The Kier molecular flexibility index (Phi) is 3.60. The highest BCUT2D eigenvalue weighted by Crippen LogP contribution is 2.18. The van der Waals surface area contributed by atoms with Crippen LogP contribution >= 0.6 is 11.3 Å². The summed E-state index contributed by atoms with van der Waals surface area (Å²) in [5, 5.41) is 2.21. The third kappa shape index (κ3) is 2.58. The second-order valence-electron chi connectivity index (χ2n) is 4.18. The summed E-state index contributed by atoms with van der Waals surface area (Å²) in [4.78, 5) is 4.19. The van der Waals surface area contributed by atoms with Crippen LogP contribution in [0.15, 0.2) is 11.4 Å². The normalized spacial score (nSPS) is 17.8. The summed E-state index contributed by atoms with van der Waals surface area (Å²) in [5.74, 6) is 0. The lowest BCUT2D eigenvalue weighted by Gasteiger charge is -2.13. The van der Waals surface area contributed by atoms with Crippen molar-refractivity contribution in [1.29, 1.82) is 0 Å². The van der Waals surface area contributed by atoms with E-state index in [4.69, 9.17) is 0 Å². The van der Waals surface area contributed by atoms with Crippen molar-refractivity contribution in [3.05, 3.63) is 21.9 Å². The van der Waals surface area contributed by atoms with Crippen molar-refractivity contribution in [2.75, 3.05) is 19.6 Å². The minimum absolute atomic E-state index is 1.28. The molecule has 0 radical (unpaired) electrons. The van der Waals surface area contributed by atoms with E-state index in [-0.39, 0.29) is 0 Å². The van der Waals surface area contributed by atoms with Gasteiger partial charge < -0.3 is 4.90 Å². The first-order valence-electron chi connectivity index (χ1n) is 5.61. The first-order chi connectivity index (χ1) is 6.86. The van der Waals surface area contributed by atoms with Gasteiger partial charge >= 0.3 is 0 Å². The maximum atomic E-state index is 2.60. The molecule has 2 rings (SSSR count). The molecule has 1 fully saturated rings. The molecule has 1 aromatic heterocycles. The molecule has 1 aliphatic rings. The molecule has 1 aromatic rings. The van der Waals surface area contributed by atoms with Crippen LogP contribution in [0, 0.1) is 6.92 Å². The van der Waals surface area contributed by atoms with Crippen LogP contribution in [-0.2, 0) is 6.42 Å². The summed E-state index contributed by atoms with van der Waals surface area (Å²) in [6.07, 6.45) is 5.44. The lowest BCUT2D eigenvalue weighted by molar-refractivity contribution is 0.334. The van der Waals surface area contributed by atoms with Gasteiger partial charge in [0.25, 0.3) is 0 Å². The van der Waals surface area contributed by atoms with Crippen LogP contribution in [0.2, 0.25) is 0 Å². The van der Waals surface area contributed by atoms with Crippen molar-refractivity contribution in [3.8, 4) is 0 Å². The summed E-state index contributed by atoms with van der Waals surface area (Å²) < 4.78 is 0. The van der Waals surface area contributed by atoms with Crippen molar-refractivity contribution in [2.45, 2.75) is 32.6 Å². The van der Waals surface area contributed by atoms with E-state index in [0.717, 1.165) is 0 Å². The molecule has 0 saturated carbocycles. The number of hydrogen-bond acceptors (Lipinski definition) is 2. The molecule has 0 bridgehead atoms. The molecule has 2 heteroatoms. The fourth-order valence-electron chi connectivity index (χ4n) is 2.13. The monoisotopic (exact) mass is 209 g/mol. The van der Waals surface area contributed by atoms with Gasteiger partial charge in [-0.2, -0.15) is 0 Å². The van der Waals surface area contributed by atoms with E-state index in [0.29, 0.717) is 0 Å². The first-order valence-corrected chi connectivity index (χ1v) is 6.49. The second-order valence-corrected chi connectivity index (χ2v) is 5.18. The van der Waals surface area contributed by atoms with Gasteiger partial charge in [0.2, 0.25) is 0 Å². The van der Waals surface area contributed by atoms with E-state index in [1.807, 2.05) is 11.3 Å². The predicted molar refractivity (Wildman–Crippen MR) is 63.1 cm³/mol. The Labute approximate surface area is 90.7 Å². The SMILES string of the molecule is Cc1ccsc1CCCN1CCCC1. The molecule has 2 heterocycles. The summed E-state index contributed by atoms with van der Waals surface area (Å²) in [6, 6.07) is 2.23. The predicted octanol–water partition coefficient (Wildman–Crippen LogP) is 3.08.